The fraction of sp³-hybridized carbons (Fsp3) is 0.0588. The number of aromatic nitrogens is 1. The highest BCUT2D eigenvalue weighted by atomic mass is 16.8. The number of aromatic carboxylic acids is 1. The second kappa shape index (κ2) is 5.68. The first-order valence-corrected chi connectivity index (χ1v) is 6.78. The van der Waals surface area contributed by atoms with Crippen LogP contribution in [-0.4, -0.2) is 26.3 Å². The molecular formula is C17H13NO5. The molecule has 6 nitrogen and oxygen atoms in total. The molecule has 2 aromatic carbocycles. The first kappa shape index (κ1) is 15.0. The van der Waals surface area contributed by atoms with E-state index in [1.54, 1.807) is 18.2 Å². The van der Waals surface area contributed by atoms with Crippen LogP contribution in [0.15, 0.2) is 60.9 Å². The van der Waals surface area contributed by atoms with E-state index >= 15 is 0 Å². The maximum atomic E-state index is 11.2. The largest absolute Gasteiger partial charge is 0.478 e. The number of carboxylic acid groups (broad SMARTS) is 1. The Bertz CT molecular complexity index is 861. The molecule has 0 aliphatic rings. The maximum absolute atomic E-state index is 11.2. The zero-order chi connectivity index (χ0) is 16.4. The highest BCUT2D eigenvalue weighted by molar-refractivity contribution is 6.03. The van der Waals surface area contributed by atoms with Gasteiger partial charge in [-0.05, 0) is 35.7 Å². The van der Waals surface area contributed by atoms with E-state index in [0.29, 0.717) is 10.8 Å². The molecule has 3 rings (SSSR count). The Labute approximate surface area is 131 Å². The molecule has 23 heavy (non-hydrogen) atoms. The minimum Gasteiger partial charge on any atom is -0.478 e. The first-order valence-electron chi connectivity index (χ1n) is 6.78. The summed E-state index contributed by atoms with van der Waals surface area (Å²) in [7, 11) is 0. The van der Waals surface area contributed by atoms with Gasteiger partial charge in [0.2, 0.25) is 0 Å². The van der Waals surface area contributed by atoms with Gasteiger partial charge in [0.1, 0.15) is 5.75 Å². The average molecular weight is 311 g/mol. The van der Waals surface area contributed by atoms with Crippen LogP contribution in [0.5, 0.6) is 5.75 Å². The lowest BCUT2D eigenvalue weighted by atomic mass is 10.1. The summed E-state index contributed by atoms with van der Waals surface area (Å²) in [4.78, 5) is 15.0. The molecule has 1 heterocycles. The van der Waals surface area contributed by atoms with Crippen LogP contribution in [0.1, 0.15) is 15.9 Å². The Balaban J connectivity index is 1.97. The van der Waals surface area contributed by atoms with Crippen molar-refractivity contribution in [2.75, 3.05) is 0 Å². The van der Waals surface area contributed by atoms with Crippen LogP contribution < -0.4 is 4.74 Å². The Morgan fingerprint density at radius 1 is 1.04 bits per heavy atom. The first-order chi connectivity index (χ1) is 11.0. The van der Waals surface area contributed by atoms with Gasteiger partial charge >= 0.3 is 11.9 Å². The molecule has 0 amide bonds. The molecule has 3 N–H and O–H groups in total. The molecule has 0 saturated heterocycles. The van der Waals surface area contributed by atoms with E-state index < -0.39 is 11.9 Å². The predicted octanol–water partition coefficient (Wildman–Crippen LogP) is 2.11. The van der Waals surface area contributed by atoms with Crippen LogP contribution in [0.2, 0.25) is 0 Å². The quantitative estimate of drug-likeness (QED) is 0.638. The number of pyridine rings is 1. The van der Waals surface area contributed by atoms with Gasteiger partial charge in [0, 0.05) is 17.8 Å². The number of carbonyl (C=O) groups is 1. The molecule has 6 heteroatoms. The number of fused-ring (bicyclic) bond motifs is 1. The van der Waals surface area contributed by atoms with Crippen LogP contribution in [-0.2, 0) is 5.97 Å². The molecule has 116 valence electrons. The Morgan fingerprint density at radius 2 is 1.78 bits per heavy atom. The summed E-state index contributed by atoms with van der Waals surface area (Å²) in [6, 6.07) is 12.6. The van der Waals surface area contributed by atoms with E-state index in [9.17, 15) is 15.0 Å². The van der Waals surface area contributed by atoms with Crippen molar-refractivity contribution in [1.29, 1.82) is 0 Å². The second-order valence-electron chi connectivity index (χ2n) is 4.95. The molecule has 0 bridgehead atoms. The van der Waals surface area contributed by atoms with Crippen molar-refractivity contribution in [3.63, 3.8) is 0 Å². The van der Waals surface area contributed by atoms with Crippen molar-refractivity contribution in [2.45, 2.75) is 5.97 Å². The van der Waals surface area contributed by atoms with Gasteiger partial charge in [-0.15, -0.1) is 0 Å². The van der Waals surface area contributed by atoms with Crippen LogP contribution in [0.25, 0.3) is 10.8 Å². The zero-order valence-electron chi connectivity index (χ0n) is 11.9. The third-order valence-electron chi connectivity index (χ3n) is 3.37. The average Bonchev–Trinajstić information content (AvgIpc) is 2.54. The number of hydrogen-bond acceptors (Lipinski definition) is 5. The zero-order valence-corrected chi connectivity index (χ0v) is 11.9. The summed E-state index contributed by atoms with van der Waals surface area (Å²) in [5.74, 6) is -3.40. The van der Waals surface area contributed by atoms with Gasteiger partial charge in [-0.1, -0.05) is 18.2 Å². The minimum absolute atomic E-state index is 0.0661. The van der Waals surface area contributed by atoms with E-state index in [-0.39, 0.29) is 16.9 Å². The predicted molar refractivity (Wildman–Crippen MR) is 81.9 cm³/mol. The van der Waals surface area contributed by atoms with Crippen LogP contribution >= 0.6 is 0 Å². The van der Waals surface area contributed by atoms with Gasteiger partial charge in [-0.3, -0.25) is 4.98 Å². The second-order valence-corrected chi connectivity index (χ2v) is 4.95. The van der Waals surface area contributed by atoms with Gasteiger partial charge in [-0.25, -0.2) is 4.79 Å². The highest BCUT2D eigenvalue weighted by Gasteiger charge is 2.28. The summed E-state index contributed by atoms with van der Waals surface area (Å²) in [5.41, 5.74) is 0.244. The topological polar surface area (TPSA) is 99.9 Å². The summed E-state index contributed by atoms with van der Waals surface area (Å²) in [6.45, 7) is 0. The van der Waals surface area contributed by atoms with Crippen molar-refractivity contribution in [3.05, 3.63) is 72.1 Å². The van der Waals surface area contributed by atoms with Crippen molar-refractivity contribution in [1.82, 2.24) is 4.98 Å². The van der Waals surface area contributed by atoms with Gasteiger partial charge in [-0.2, -0.15) is 0 Å². The lowest BCUT2D eigenvalue weighted by molar-refractivity contribution is -0.304. The maximum Gasteiger partial charge on any atom is 0.351 e. The number of carboxylic acids is 1. The summed E-state index contributed by atoms with van der Waals surface area (Å²) in [6.07, 6.45) is 2.74. The molecule has 0 aliphatic carbocycles. The lowest BCUT2D eigenvalue weighted by Gasteiger charge is -2.23. The van der Waals surface area contributed by atoms with Gasteiger partial charge in [0.05, 0.1) is 11.1 Å². The van der Waals surface area contributed by atoms with E-state index in [0.717, 1.165) is 0 Å². The normalized spacial score (nSPS) is 11.4. The molecule has 0 saturated carbocycles. The molecular weight excluding hydrogens is 298 g/mol. The van der Waals surface area contributed by atoms with Gasteiger partial charge in [0.25, 0.3) is 0 Å². The lowest BCUT2D eigenvalue weighted by Crippen LogP contribution is -2.32. The SMILES string of the molecule is O=C(O)c1cncc2cc(OC(O)(O)c3ccccc3)ccc12. The number of rotatable bonds is 4. The van der Waals surface area contributed by atoms with Crippen molar-refractivity contribution in [3.8, 4) is 5.75 Å². The smallest absolute Gasteiger partial charge is 0.351 e. The van der Waals surface area contributed by atoms with Crippen LogP contribution in [0.3, 0.4) is 0 Å². The monoisotopic (exact) mass is 311 g/mol. The van der Waals surface area contributed by atoms with E-state index in [4.69, 9.17) is 9.84 Å². The van der Waals surface area contributed by atoms with E-state index in [1.165, 1.54) is 42.7 Å². The third-order valence-corrected chi connectivity index (χ3v) is 3.37. The fourth-order valence-electron chi connectivity index (χ4n) is 2.27. The van der Waals surface area contributed by atoms with Gasteiger partial charge in [0.15, 0.2) is 0 Å². The number of hydrogen-bond donors (Lipinski definition) is 3. The van der Waals surface area contributed by atoms with Crippen LogP contribution in [0.4, 0.5) is 0 Å². The molecule has 0 radical (unpaired) electrons. The number of nitrogens with zero attached hydrogens (tertiary/aromatic N) is 1. The summed E-state index contributed by atoms with van der Waals surface area (Å²) in [5, 5.41) is 30.3. The van der Waals surface area contributed by atoms with Crippen LogP contribution in [0, 0.1) is 0 Å². The Hall–Kier alpha value is -2.96. The molecule has 0 aliphatic heterocycles. The molecule has 0 unspecified atom stereocenters. The minimum atomic E-state index is -2.49. The number of aliphatic hydroxyl groups is 2. The molecule has 1 aromatic heterocycles. The molecule has 3 aromatic rings. The number of benzene rings is 2. The third kappa shape index (κ3) is 2.98. The molecule has 0 fully saturated rings. The highest BCUT2D eigenvalue weighted by Crippen LogP contribution is 2.28. The van der Waals surface area contributed by atoms with Crippen molar-refractivity contribution >= 4 is 16.7 Å². The summed E-state index contributed by atoms with van der Waals surface area (Å²) >= 11 is 0. The Morgan fingerprint density at radius 3 is 2.48 bits per heavy atom. The van der Waals surface area contributed by atoms with Gasteiger partial charge < -0.3 is 20.1 Å². The number of ether oxygens (including phenoxy) is 1. The Kier molecular flexibility index (Phi) is 3.69. The molecule has 0 spiro atoms. The van der Waals surface area contributed by atoms with Crippen molar-refractivity contribution in [2.24, 2.45) is 0 Å². The van der Waals surface area contributed by atoms with E-state index in [2.05, 4.69) is 4.98 Å². The van der Waals surface area contributed by atoms with E-state index in [1.807, 2.05) is 0 Å². The summed E-state index contributed by atoms with van der Waals surface area (Å²) < 4.78 is 5.23. The van der Waals surface area contributed by atoms with Crippen molar-refractivity contribution < 1.29 is 24.9 Å². The standard InChI is InChI=1S/C17H13NO5/c19-16(20)15-10-18-9-11-8-13(6-7-14(11)15)23-17(21,22)12-4-2-1-3-5-12/h1-10,21-22H,(H,19,20). The molecule has 0 atom stereocenters. The fourth-order valence-corrected chi connectivity index (χ4v) is 2.27.